The van der Waals surface area contributed by atoms with Crippen LogP contribution in [0.25, 0.3) is 11.4 Å². The molecule has 126 valence electrons. The van der Waals surface area contributed by atoms with Crippen LogP contribution in [0.3, 0.4) is 0 Å². The quantitative estimate of drug-likeness (QED) is 0.886. The van der Waals surface area contributed by atoms with Crippen molar-refractivity contribution >= 4 is 10.2 Å². The van der Waals surface area contributed by atoms with Gasteiger partial charge >= 0.3 is 12.1 Å². The number of nitrogens with one attached hydrogen (secondary N) is 1. The molecule has 0 spiro atoms. The number of aromatic nitrogens is 2. The van der Waals surface area contributed by atoms with Gasteiger partial charge in [0.2, 0.25) is 5.82 Å². The van der Waals surface area contributed by atoms with Gasteiger partial charge in [0.25, 0.3) is 10.2 Å². The molecule has 2 rings (SSSR count). The first-order valence-electron chi connectivity index (χ1n) is 6.27. The average Bonchev–Trinajstić information content (AvgIpc) is 2.95. The van der Waals surface area contributed by atoms with Crippen molar-refractivity contribution < 1.29 is 26.1 Å². The first kappa shape index (κ1) is 17.4. The second-order valence-corrected chi connectivity index (χ2v) is 6.70. The zero-order chi connectivity index (χ0) is 17.3. The van der Waals surface area contributed by atoms with E-state index in [1.807, 2.05) is 0 Å². The minimum Gasteiger partial charge on any atom is -0.329 e. The van der Waals surface area contributed by atoms with Crippen molar-refractivity contribution in [1.29, 1.82) is 0 Å². The Kier molecular flexibility index (Phi) is 4.73. The zero-order valence-corrected chi connectivity index (χ0v) is 12.9. The summed E-state index contributed by atoms with van der Waals surface area (Å²) in [7, 11) is -0.775. The minimum absolute atomic E-state index is 0.0425. The lowest BCUT2D eigenvalue weighted by Crippen LogP contribution is -2.35. The highest BCUT2D eigenvalue weighted by Crippen LogP contribution is 2.29. The number of benzene rings is 1. The summed E-state index contributed by atoms with van der Waals surface area (Å²) in [5.74, 6) is -1.62. The molecule has 11 heteroatoms. The molecular formula is C12H13F3N4O3S. The maximum atomic E-state index is 12.4. The second-order valence-electron chi connectivity index (χ2n) is 4.73. The number of hydrogen-bond donors (Lipinski definition) is 1. The van der Waals surface area contributed by atoms with Crippen molar-refractivity contribution in [1.82, 2.24) is 19.2 Å². The summed E-state index contributed by atoms with van der Waals surface area (Å²) in [5, 5.41) is 3.27. The summed E-state index contributed by atoms with van der Waals surface area (Å²) >= 11 is 0. The molecule has 0 aliphatic carbocycles. The van der Waals surface area contributed by atoms with Gasteiger partial charge in [-0.25, -0.2) is 0 Å². The van der Waals surface area contributed by atoms with Gasteiger partial charge in [-0.2, -0.15) is 35.6 Å². The number of alkyl halides is 3. The van der Waals surface area contributed by atoms with Crippen LogP contribution in [0.4, 0.5) is 13.2 Å². The van der Waals surface area contributed by atoms with Crippen molar-refractivity contribution in [2.24, 2.45) is 0 Å². The topological polar surface area (TPSA) is 88.3 Å². The van der Waals surface area contributed by atoms with Gasteiger partial charge in [0.1, 0.15) is 0 Å². The van der Waals surface area contributed by atoms with Gasteiger partial charge in [0.05, 0.1) is 0 Å². The van der Waals surface area contributed by atoms with Crippen LogP contribution in [0.5, 0.6) is 0 Å². The Labute approximate surface area is 130 Å². The predicted molar refractivity (Wildman–Crippen MR) is 74.2 cm³/mol. The van der Waals surface area contributed by atoms with E-state index in [1.165, 1.54) is 26.2 Å². The molecule has 1 heterocycles. The lowest BCUT2D eigenvalue weighted by Gasteiger charge is -2.12. The van der Waals surface area contributed by atoms with Crippen LogP contribution in [0.15, 0.2) is 28.8 Å². The third kappa shape index (κ3) is 4.27. The van der Waals surface area contributed by atoms with Crippen molar-refractivity contribution in [2.45, 2.75) is 12.7 Å². The Morgan fingerprint density at radius 2 is 1.83 bits per heavy atom. The Bertz CT molecular complexity index is 770. The van der Waals surface area contributed by atoms with E-state index in [9.17, 15) is 21.6 Å². The molecule has 0 radical (unpaired) electrons. The highest BCUT2D eigenvalue weighted by atomic mass is 32.2. The van der Waals surface area contributed by atoms with Crippen molar-refractivity contribution in [3.8, 4) is 11.4 Å². The molecular weight excluding hydrogens is 337 g/mol. The fraction of sp³-hybridized carbons (Fsp3) is 0.333. The van der Waals surface area contributed by atoms with E-state index in [-0.39, 0.29) is 12.4 Å². The van der Waals surface area contributed by atoms with E-state index < -0.39 is 22.3 Å². The normalized spacial score (nSPS) is 12.8. The zero-order valence-electron chi connectivity index (χ0n) is 12.1. The average molecular weight is 350 g/mol. The molecule has 0 unspecified atom stereocenters. The highest BCUT2D eigenvalue weighted by molar-refractivity contribution is 7.87. The van der Waals surface area contributed by atoms with E-state index in [0.717, 1.165) is 4.31 Å². The SMILES string of the molecule is CN(C)S(=O)(=O)NCc1ccc(-c2noc(C(F)(F)F)n2)cc1. The number of rotatable bonds is 5. The maximum Gasteiger partial charge on any atom is 0.471 e. The van der Waals surface area contributed by atoms with E-state index in [4.69, 9.17) is 0 Å². The van der Waals surface area contributed by atoms with Gasteiger partial charge in [0, 0.05) is 26.2 Å². The molecule has 0 aliphatic rings. The summed E-state index contributed by atoms with van der Waals surface area (Å²) in [4.78, 5) is 3.27. The molecule has 0 atom stereocenters. The van der Waals surface area contributed by atoms with Crippen molar-refractivity contribution in [3.63, 3.8) is 0 Å². The molecule has 1 N–H and O–H groups in total. The third-order valence-corrected chi connectivity index (χ3v) is 4.29. The van der Waals surface area contributed by atoms with Gasteiger partial charge in [-0.05, 0) is 5.56 Å². The van der Waals surface area contributed by atoms with Gasteiger partial charge in [-0.3, -0.25) is 0 Å². The van der Waals surface area contributed by atoms with Gasteiger partial charge < -0.3 is 4.52 Å². The molecule has 0 amide bonds. The molecule has 0 bridgehead atoms. The Balaban J connectivity index is 2.09. The number of hydrogen-bond acceptors (Lipinski definition) is 5. The predicted octanol–water partition coefficient (Wildman–Crippen LogP) is 1.65. The van der Waals surface area contributed by atoms with E-state index in [2.05, 4.69) is 19.4 Å². The molecule has 0 aliphatic heterocycles. The lowest BCUT2D eigenvalue weighted by molar-refractivity contribution is -0.159. The van der Waals surface area contributed by atoms with Crippen LogP contribution in [0, 0.1) is 0 Å². The summed E-state index contributed by atoms with van der Waals surface area (Å²) in [5.41, 5.74) is 0.946. The van der Waals surface area contributed by atoms with Crippen LogP contribution < -0.4 is 4.72 Å². The number of nitrogens with zero attached hydrogens (tertiary/aromatic N) is 3. The van der Waals surface area contributed by atoms with Crippen molar-refractivity contribution in [2.75, 3.05) is 14.1 Å². The second kappa shape index (κ2) is 6.26. The summed E-state index contributed by atoms with van der Waals surface area (Å²) in [6, 6.07) is 6.06. The van der Waals surface area contributed by atoms with Crippen LogP contribution in [0.2, 0.25) is 0 Å². The standard InChI is InChI=1S/C12H13F3N4O3S/c1-19(2)23(20,21)16-7-8-3-5-9(6-4-8)10-17-11(22-18-10)12(13,14)15/h3-6,16H,7H2,1-2H3. The maximum absolute atomic E-state index is 12.4. The monoisotopic (exact) mass is 350 g/mol. The smallest absolute Gasteiger partial charge is 0.329 e. The summed E-state index contributed by atoms with van der Waals surface area (Å²) < 4.78 is 67.8. The number of halogens is 3. The van der Waals surface area contributed by atoms with Crippen LogP contribution in [-0.4, -0.2) is 37.0 Å². The molecule has 0 fully saturated rings. The van der Waals surface area contributed by atoms with Crippen LogP contribution in [0.1, 0.15) is 11.5 Å². The van der Waals surface area contributed by atoms with Gasteiger partial charge in [-0.1, -0.05) is 29.4 Å². The summed E-state index contributed by atoms with van der Waals surface area (Å²) in [6.07, 6.45) is -4.70. The highest BCUT2D eigenvalue weighted by Gasteiger charge is 2.38. The lowest BCUT2D eigenvalue weighted by atomic mass is 10.1. The molecule has 1 aromatic heterocycles. The fourth-order valence-corrected chi connectivity index (χ4v) is 2.14. The first-order valence-corrected chi connectivity index (χ1v) is 7.71. The van der Waals surface area contributed by atoms with E-state index >= 15 is 0 Å². The summed E-state index contributed by atoms with van der Waals surface area (Å²) in [6.45, 7) is 0.0425. The van der Waals surface area contributed by atoms with Gasteiger partial charge in [0.15, 0.2) is 0 Å². The third-order valence-electron chi connectivity index (χ3n) is 2.82. The fourth-order valence-electron chi connectivity index (χ4n) is 1.53. The van der Waals surface area contributed by atoms with E-state index in [1.54, 1.807) is 12.1 Å². The largest absolute Gasteiger partial charge is 0.471 e. The van der Waals surface area contributed by atoms with E-state index in [0.29, 0.717) is 11.1 Å². The van der Waals surface area contributed by atoms with Gasteiger partial charge in [-0.15, -0.1) is 0 Å². The first-order chi connectivity index (χ1) is 10.6. The minimum atomic E-state index is -4.70. The Morgan fingerprint density at radius 1 is 1.22 bits per heavy atom. The van der Waals surface area contributed by atoms with Crippen LogP contribution >= 0.6 is 0 Å². The molecule has 23 heavy (non-hydrogen) atoms. The molecule has 0 saturated heterocycles. The molecule has 1 aromatic carbocycles. The van der Waals surface area contributed by atoms with Crippen molar-refractivity contribution in [3.05, 3.63) is 35.7 Å². The Hall–Kier alpha value is -1.98. The molecule has 2 aromatic rings. The molecule has 7 nitrogen and oxygen atoms in total. The molecule has 0 saturated carbocycles. The Morgan fingerprint density at radius 3 is 2.30 bits per heavy atom. The van der Waals surface area contributed by atoms with Crippen LogP contribution in [-0.2, 0) is 22.9 Å².